The fraction of sp³-hybridized carbons (Fsp3) is 0.350. The van der Waals surface area contributed by atoms with Crippen LogP contribution in [0.4, 0.5) is 9.18 Å². The van der Waals surface area contributed by atoms with Crippen LogP contribution in [0, 0.1) is 11.2 Å². The Morgan fingerprint density at radius 2 is 1.88 bits per heavy atom. The van der Waals surface area contributed by atoms with Crippen molar-refractivity contribution in [1.82, 2.24) is 5.32 Å². The predicted molar refractivity (Wildman–Crippen MR) is 96.3 cm³/mol. The third-order valence-electron chi connectivity index (χ3n) is 4.93. The molecule has 2 aromatic carbocycles. The zero-order valence-electron chi connectivity index (χ0n) is 15.2. The van der Waals surface area contributed by atoms with Gasteiger partial charge in [-0.05, 0) is 52.8 Å². The number of halogens is 1. The molecule has 0 radical (unpaired) electrons. The van der Waals surface area contributed by atoms with Gasteiger partial charge in [-0.1, -0.05) is 19.9 Å². The summed E-state index contributed by atoms with van der Waals surface area (Å²) < 4.78 is 25.4. The maximum absolute atomic E-state index is 14.9. The van der Waals surface area contributed by atoms with Crippen molar-refractivity contribution in [3.63, 3.8) is 0 Å². The fourth-order valence-corrected chi connectivity index (χ4v) is 3.69. The van der Waals surface area contributed by atoms with E-state index in [0.717, 1.165) is 5.56 Å². The molecule has 0 aromatic heterocycles. The Morgan fingerprint density at radius 1 is 1.19 bits per heavy atom. The quantitative estimate of drug-likeness (QED) is 0.849. The van der Waals surface area contributed by atoms with Gasteiger partial charge in [-0.3, -0.25) is 0 Å². The molecule has 5 nitrogen and oxygen atoms in total. The lowest BCUT2D eigenvalue weighted by molar-refractivity contribution is 0.175. The lowest BCUT2D eigenvalue weighted by atomic mass is 9.85. The maximum atomic E-state index is 14.9. The first-order valence-corrected chi connectivity index (χ1v) is 8.31. The summed E-state index contributed by atoms with van der Waals surface area (Å²) in [4.78, 5) is 11.1. The molecule has 0 saturated carbocycles. The van der Waals surface area contributed by atoms with Crippen molar-refractivity contribution in [2.45, 2.75) is 26.3 Å². The molecule has 138 valence electrons. The van der Waals surface area contributed by atoms with E-state index in [2.05, 4.69) is 5.32 Å². The van der Waals surface area contributed by atoms with Gasteiger partial charge < -0.3 is 19.9 Å². The number of benzene rings is 2. The number of nitrogens with one attached hydrogen (secondary N) is 1. The SMILES string of the molecule is COc1ccc(-c2cc3c(cc2F)C(NC(=O)O)C(C)(C)C3)cc1OC. The summed E-state index contributed by atoms with van der Waals surface area (Å²) in [5, 5.41) is 11.6. The van der Waals surface area contributed by atoms with Crippen LogP contribution in [0.25, 0.3) is 11.1 Å². The summed E-state index contributed by atoms with van der Waals surface area (Å²) in [6.45, 7) is 3.95. The molecular weight excluding hydrogens is 337 g/mol. The molecule has 2 aromatic rings. The molecular formula is C20H22FNO4. The second kappa shape index (κ2) is 6.52. The van der Waals surface area contributed by atoms with E-state index in [4.69, 9.17) is 14.6 Å². The van der Waals surface area contributed by atoms with Crippen molar-refractivity contribution in [3.8, 4) is 22.6 Å². The maximum Gasteiger partial charge on any atom is 0.405 e. The van der Waals surface area contributed by atoms with Crippen molar-refractivity contribution in [2.75, 3.05) is 14.2 Å². The molecule has 1 atom stereocenters. The number of methoxy groups -OCH3 is 2. The minimum atomic E-state index is -1.11. The smallest absolute Gasteiger partial charge is 0.405 e. The number of carbonyl (C=O) groups is 1. The molecule has 1 aliphatic rings. The average molecular weight is 359 g/mol. The van der Waals surface area contributed by atoms with Crippen LogP contribution in [0.3, 0.4) is 0 Å². The molecule has 1 amide bonds. The number of rotatable bonds is 4. The zero-order valence-corrected chi connectivity index (χ0v) is 15.2. The Labute approximate surface area is 151 Å². The van der Waals surface area contributed by atoms with E-state index in [1.165, 1.54) is 13.2 Å². The first-order chi connectivity index (χ1) is 12.3. The third-order valence-corrected chi connectivity index (χ3v) is 4.93. The lowest BCUT2D eigenvalue weighted by Gasteiger charge is -2.27. The Balaban J connectivity index is 2.07. The van der Waals surface area contributed by atoms with Crippen LogP contribution in [0.1, 0.15) is 31.0 Å². The molecule has 1 unspecified atom stereocenters. The van der Waals surface area contributed by atoms with Crippen molar-refractivity contribution >= 4 is 6.09 Å². The predicted octanol–water partition coefficient (Wildman–Crippen LogP) is 4.40. The second-order valence-corrected chi connectivity index (χ2v) is 7.15. The molecule has 0 bridgehead atoms. The highest BCUT2D eigenvalue weighted by atomic mass is 19.1. The van der Waals surface area contributed by atoms with E-state index in [1.807, 2.05) is 13.8 Å². The van der Waals surface area contributed by atoms with Crippen LogP contribution in [-0.2, 0) is 6.42 Å². The van der Waals surface area contributed by atoms with Crippen LogP contribution in [0.5, 0.6) is 11.5 Å². The number of hydrogen-bond acceptors (Lipinski definition) is 3. The first kappa shape index (κ1) is 18.0. The molecule has 26 heavy (non-hydrogen) atoms. The molecule has 2 N–H and O–H groups in total. The minimum Gasteiger partial charge on any atom is -0.493 e. The summed E-state index contributed by atoms with van der Waals surface area (Å²) >= 11 is 0. The van der Waals surface area contributed by atoms with E-state index in [9.17, 15) is 9.18 Å². The van der Waals surface area contributed by atoms with Crippen molar-refractivity contribution in [1.29, 1.82) is 0 Å². The topological polar surface area (TPSA) is 67.8 Å². The van der Waals surface area contributed by atoms with Crippen LogP contribution >= 0.6 is 0 Å². The second-order valence-electron chi connectivity index (χ2n) is 7.15. The van der Waals surface area contributed by atoms with E-state index in [1.54, 1.807) is 31.4 Å². The lowest BCUT2D eigenvalue weighted by Crippen LogP contribution is -2.34. The molecule has 0 spiro atoms. The number of amides is 1. The van der Waals surface area contributed by atoms with Crippen molar-refractivity contribution in [3.05, 3.63) is 47.3 Å². The van der Waals surface area contributed by atoms with E-state index >= 15 is 0 Å². The van der Waals surface area contributed by atoms with Gasteiger partial charge in [0.05, 0.1) is 20.3 Å². The summed E-state index contributed by atoms with van der Waals surface area (Å²) in [6.07, 6.45) is -0.450. The average Bonchev–Trinajstić information content (AvgIpc) is 2.83. The van der Waals surface area contributed by atoms with E-state index in [0.29, 0.717) is 34.6 Å². The Bertz CT molecular complexity index is 863. The number of hydrogen-bond donors (Lipinski definition) is 2. The standard InChI is InChI=1S/C20H22FNO4/c1-20(2)10-12-7-13(11-5-6-16(25-3)17(8-11)26-4)15(21)9-14(12)18(20)22-19(23)24/h5-9,18,22H,10H2,1-4H3,(H,23,24). The summed E-state index contributed by atoms with van der Waals surface area (Å²) in [5.74, 6) is 0.700. The van der Waals surface area contributed by atoms with Crippen LogP contribution in [-0.4, -0.2) is 25.4 Å². The van der Waals surface area contributed by atoms with Gasteiger partial charge in [0.25, 0.3) is 0 Å². The monoisotopic (exact) mass is 359 g/mol. The largest absolute Gasteiger partial charge is 0.493 e. The third kappa shape index (κ3) is 3.07. The molecule has 6 heteroatoms. The van der Waals surface area contributed by atoms with Gasteiger partial charge in [0.15, 0.2) is 11.5 Å². The van der Waals surface area contributed by atoms with Crippen LogP contribution < -0.4 is 14.8 Å². The molecule has 0 fully saturated rings. The first-order valence-electron chi connectivity index (χ1n) is 8.31. The number of fused-ring (bicyclic) bond motifs is 1. The molecule has 0 heterocycles. The van der Waals surface area contributed by atoms with Crippen molar-refractivity contribution < 1.29 is 23.8 Å². The Kier molecular flexibility index (Phi) is 4.52. The highest BCUT2D eigenvalue weighted by molar-refractivity contribution is 5.71. The van der Waals surface area contributed by atoms with Gasteiger partial charge in [-0.25, -0.2) is 9.18 Å². The summed E-state index contributed by atoms with van der Waals surface area (Å²) in [6, 6.07) is 8.05. The van der Waals surface area contributed by atoms with E-state index in [-0.39, 0.29) is 5.41 Å². The van der Waals surface area contributed by atoms with Gasteiger partial charge in [0.1, 0.15) is 5.82 Å². The molecule has 0 saturated heterocycles. The molecule has 0 aliphatic heterocycles. The number of carboxylic acid groups (broad SMARTS) is 1. The molecule has 3 rings (SSSR count). The fourth-order valence-electron chi connectivity index (χ4n) is 3.69. The molecule has 1 aliphatic carbocycles. The summed E-state index contributed by atoms with van der Waals surface area (Å²) in [5.41, 5.74) is 2.44. The Morgan fingerprint density at radius 3 is 2.50 bits per heavy atom. The zero-order chi connectivity index (χ0) is 19.1. The van der Waals surface area contributed by atoms with Crippen LogP contribution in [0.15, 0.2) is 30.3 Å². The van der Waals surface area contributed by atoms with Gasteiger partial charge in [-0.15, -0.1) is 0 Å². The summed E-state index contributed by atoms with van der Waals surface area (Å²) in [7, 11) is 3.08. The normalized spacial score (nSPS) is 17.5. The highest BCUT2D eigenvalue weighted by Gasteiger charge is 2.40. The highest BCUT2D eigenvalue weighted by Crippen LogP contribution is 2.47. The Hall–Kier alpha value is -2.76. The van der Waals surface area contributed by atoms with Crippen LogP contribution in [0.2, 0.25) is 0 Å². The van der Waals surface area contributed by atoms with Gasteiger partial charge in [0, 0.05) is 5.56 Å². The van der Waals surface area contributed by atoms with Gasteiger partial charge in [0.2, 0.25) is 0 Å². The van der Waals surface area contributed by atoms with Gasteiger partial charge >= 0.3 is 6.09 Å². The van der Waals surface area contributed by atoms with E-state index < -0.39 is 18.0 Å². The van der Waals surface area contributed by atoms with Crippen molar-refractivity contribution in [2.24, 2.45) is 5.41 Å². The number of ether oxygens (including phenoxy) is 2. The van der Waals surface area contributed by atoms with Gasteiger partial charge in [-0.2, -0.15) is 0 Å². The minimum absolute atomic E-state index is 0.330.